The highest BCUT2D eigenvalue weighted by Gasteiger charge is 2.02. The van der Waals surface area contributed by atoms with Gasteiger partial charge in [-0.2, -0.15) is 0 Å². The van der Waals surface area contributed by atoms with E-state index in [0.29, 0.717) is 5.92 Å². The van der Waals surface area contributed by atoms with Crippen LogP contribution in [0.4, 0.5) is 0 Å². The van der Waals surface area contributed by atoms with E-state index in [1.54, 1.807) is 0 Å². The first kappa shape index (κ1) is 11.9. The van der Waals surface area contributed by atoms with Crippen molar-refractivity contribution in [1.29, 1.82) is 0 Å². The molecule has 0 fully saturated rings. The van der Waals surface area contributed by atoms with Gasteiger partial charge in [-0.3, -0.25) is 0 Å². The summed E-state index contributed by atoms with van der Waals surface area (Å²) in [5.41, 5.74) is 2.73. The van der Waals surface area contributed by atoms with Crippen molar-refractivity contribution in [3.8, 4) is 0 Å². The van der Waals surface area contributed by atoms with E-state index in [0.717, 1.165) is 18.8 Å². The molecular formula is C15H20N2. The van der Waals surface area contributed by atoms with Crippen LogP contribution in [0.3, 0.4) is 0 Å². The number of imidazole rings is 1. The Morgan fingerprint density at radius 2 is 1.88 bits per heavy atom. The monoisotopic (exact) mass is 228 g/mol. The SMILES string of the molecule is CCc1nccn1Cc1ccc(C(C)C)cc1. The number of hydrogen-bond donors (Lipinski definition) is 0. The maximum atomic E-state index is 4.34. The molecule has 0 unspecified atom stereocenters. The summed E-state index contributed by atoms with van der Waals surface area (Å²) in [5.74, 6) is 1.75. The van der Waals surface area contributed by atoms with E-state index in [4.69, 9.17) is 0 Å². The van der Waals surface area contributed by atoms with Crippen LogP contribution in [0.5, 0.6) is 0 Å². The van der Waals surface area contributed by atoms with E-state index >= 15 is 0 Å². The molecule has 1 heterocycles. The zero-order valence-corrected chi connectivity index (χ0v) is 10.9. The third-order valence-electron chi connectivity index (χ3n) is 3.12. The Balaban J connectivity index is 2.14. The fourth-order valence-electron chi connectivity index (χ4n) is 2.00. The van der Waals surface area contributed by atoms with Gasteiger partial charge in [0.15, 0.2) is 0 Å². The van der Waals surface area contributed by atoms with Gasteiger partial charge in [0, 0.05) is 25.4 Å². The summed E-state index contributed by atoms with van der Waals surface area (Å²) in [6, 6.07) is 8.88. The van der Waals surface area contributed by atoms with E-state index in [1.165, 1.54) is 11.1 Å². The van der Waals surface area contributed by atoms with Crippen molar-refractivity contribution in [2.75, 3.05) is 0 Å². The maximum absolute atomic E-state index is 4.34. The molecule has 0 radical (unpaired) electrons. The van der Waals surface area contributed by atoms with Crippen molar-refractivity contribution in [2.45, 2.75) is 39.7 Å². The molecule has 0 amide bonds. The normalized spacial score (nSPS) is 11.1. The first-order valence-corrected chi connectivity index (χ1v) is 6.29. The summed E-state index contributed by atoms with van der Waals surface area (Å²) in [6.07, 6.45) is 4.91. The van der Waals surface area contributed by atoms with Gasteiger partial charge >= 0.3 is 0 Å². The zero-order valence-electron chi connectivity index (χ0n) is 10.9. The average Bonchev–Trinajstić information content (AvgIpc) is 2.77. The first-order valence-electron chi connectivity index (χ1n) is 6.29. The zero-order chi connectivity index (χ0) is 12.3. The molecule has 2 rings (SSSR count). The highest BCUT2D eigenvalue weighted by atomic mass is 15.1. The van der Waals surface area contributed by atoms with Crippen molar-refractivity contribution >= 4 is 0 Å². The molecular weight excluding hydrogens is 208 g/mol. The first-order chi connectivity index (χ1) is 8.20. The van der Waals surface area contributed by atoms with Crippen LogP contribution in [0.15, 0.2) is 36.7 Å². The lowest BCUT2D eigenvalue weighted by Crippen LogP contribution is -2.03. The number of aromatic nitrogens is 2. The molecule has 0 saturated carbocycles. The van der Waals surface area contributed by atoms with Gasteiger partial charge in [-0.25, -0.2) is 4.98 Å². The second-order valence-electron chi connectivity index (χ2n) is 4.72. The van der Waals surface area contributed by atoms with Gasteiger partial charge in [0.1, 0.15) is 5.82 Å². The Morgan fingerprint density at radius 3 is 2.47 bits per heavy atom. The minimum absolute atomic E-state index is 0.600. The van der Waals surface area contributed by atoms with Crippen LogP contribution in [0, 0.1) is 0 Å². The Kier molecular flexibility index (Phi) is 3.62. The standard InChI is InChI=1S/C15H20N2/c1-4-15-16-9-10-17(15)11-13-5-7-14(8-6-13)12(2)3/h5-10,12H,4,11H2,1-3H3. The van der Waals surface area contributed by atoms with E-state index < -0.39 is 0 Å². The number of hydrogen-bond acceptors (Lipinski definition) is 1. The molecule has 2 nitrogen and oxygen atoms in total. The summed E-state index contributed by atoms with van der Waals surface area (Å²) in [4.78, 5) is 4.34. The molecule has 0 saturated heterocycles. The van der Waals surface area contributed by atoms with Crippen LogP contribution in [-0.4, -0.2) is 9.55 Å². The number of aryl methyl sites for hydroxylation is 1. The lowest BCUT2D eigenvalue weighted by atomic mass is 10.0. The van der Waals surface area contributed by atoms with Gasteiger partial charge in [0.25, 0.3) is 0 Å². The third-order valence-corrected chi connectivity index (χ3v) is 3.12. The number of benzene rings is 1. The van der Waals surface area contributed by atoms with Crippen LogP contribution in [-0.2, 0) is 13.0 Å². The quantitative estimate of drug-likeness (QED) is 0.781. The lowest BCUT2D eigenvalue weighted by Gasteiger charge is -2.09. The summed E-state index contributed by atoms with van der Waals surface area (Å²) in [5, 5.41) is 0. The molecule has 0 aliphatic rings. The average molecular weight is 228 g/mol. The number of nitrogens with zero attached hydrogens (tertiary/aromatic N) is 2. The smallest absolute Gasteiger partial charge is 0.108 e. The summed E-state index contributed by atoms with van der Waals surface area (Å²) in [6.45, 7) is 7.50. The molecule has 0 N–H and O–H groups in total. The highest BCUT2D eigenvalue weighted by molar-refractivity contribution is 5.25. The molecule has 0 atom stereocenters. The molecule has 0 bridgehead atoms. The Bertz CT molecular complexity index is 466. The van der Waals surface area contributed by atoms with Gasteiger partial charge in [0.2, 0.25) is 0 Å². The summed E-state index contributed by atoms with van der Waals surface area (Å²) in [7, 11) is 0. The predicted octanol–water partition coefficient (Wildman–Crippen LogP) is 3.62. The van der Waals surface area contributed by atoms with Crippen LogP contribution < -0.4 is 0 Å². The molecule has 0 spiro atoms. The van der Waals surface area contributed by atoms with Crippen molar-refractivity contribution in [2.24, 2.45) is 0 Å². The highest BCUT2D eigenvalue weighted by Crippen LogP contribution is 2.15. The molecule has 90 valence electrons. The molecule has 17 heavy (non-hydrogen) atoms. The molecule has 2 aromatic rings. The van der Waals surface area contributed by atoms with Crippen molar-refractivity contribution in [1.82, 2.24) is 9.55 Å². The molecule has 1 aromatic heterocycles. The van der Waals surface area contributed by atoms with Gasteiger partial charge in [-0.05, 0) is 17.0 Å². The van der Waals surface area contributed by atoms with E-state index in [2.05, 4.69) is 60.8 Å². The van der Waals surface area contributed by atoms with Gasteiger partial charge < -0.3 is 4.57 Å². The van der Waals surface area contributed by atoms with Gasteiger partial charge in [-0.15, -0.1) is 0 Å². The summed E-state index contributed by atoms with van der Waals surface area (Å²) < 4.78 is 2.21. The molecule has 1 aromatic carbocycles. The van der Waals surface area contributed by atoms with Crippen LogP contribution >= 0.6 is 0 Å². The van der Waals surface area contributed by atoms with Crippen LogP contribution in [0.25, 0.3) is 0 Å². The second-order valence-corrected chi connectivity index (χ2v) is 4.72. The van der Waals surface area contributed by atoms with Gasteiger partial charge in [-0.1, -0.05) is 45.0 Å². The lowest BCUT2D eigenvalue weighted by molar-refractivity contribution is 0.731. The number of rotatable bonds is 4. The van der Waals surface area contributed by atoms with Crippen molar-refractivity contribution < 1.29 is 0 Å². The predicted molar refractivity (Wildman–Crippen MR) is 71.2 cm³/mol. The molecule has 2 heteroatoms. The largest absolute Gasteiger partial charge is 0.331 e. The van der Waals surface area contributed by atoms with Crippen LogP contribution in [0.1, 0.15) is 43.6 Å². The maximum Gasteiger partial charge on any atom is 0.108 e. The Labute approximate surface area is 103 Å². The fraction of sp³-hybridized carbons (Fsp3) is 0.400. The third kappa shape index (κ3) is 2.76. The Hall–Kier alpha value is -1.57. The fourth-order valence-corrected chi connectivity index (χ4v) is 2.00. The van der Waals surface area contributed by atoms with Gasteiger partial charge in [0.05, 0.1) is 0 Å². The minimum Gasteiger partial charge on any atom is -0.331 e. The summed E-state index contributed by atoms with van der Waals surface area (Å²) >= 11 is 0. The minimum atomic E-state index is 0.600. The van der Waals surface area contributed by atoms with E-state index in [1.807, 2.05) is 6.20 Å². The second kappa shape index (κ2) is 5.17. The van der Waals surface area contributed by atoms with Crippen LogP contribution in [0.2, 0.25) is 0 Å². The van der Waals surface area contributed by atoms with Crippen molar-refractivity contribution in [3.05, 3.63) is 53.6 Å². The Morgan fingerprint density at radius 1 is 1.18 bits per heavy atom. The van der Waals surface area contributed by atoms with Crippen molar-refractivity contribution in [3.63, 3.8) is 0 Å². The van der Waals surface area contributed by atoms with E-state index in [9.17, 15) is 0 Å². The molecule has 0 aliphatic carbocycles. The molecule has 0 aliphatic heterocycles. The topological polar surface area (TPSA) is 17.8 Å². The van der Waals surface area contributed by atoms with E-state index in [-0.39, 0.29) is 0 Å².